The molecule has 5 heteroatoms. The van der Waals surface area contributed by atoms with Gasteiger partial charge in [-0.05, 0) is 149 Å². The lowest BCUT2D eigenvalue weighted by Crippen LogP contribution is -2.56. The number of hydrogen-bond acceptors (Lipinski definition) is 2. The van der Waals surface area contributed by atoms with Gasteiger partial charge in [-0.3, -0.25) is 9.80 Å². The minimum absolute atomic E-state index is 0.0230. The molecule has 12 rings (SSSR count). The van der Waals surface area contributed by atoms with Gasteiger partial charge in [0.1, 0.15) is 5.82 Å². The minimum atomic E-state index is -0.0988. The highest BCUT2D eigenvalue weighted by Crippen LogP contribution is 2.57. The summed E-state index contributed by atoms with van der Waals surface area (Å²) in [4.78, 5) is 13.1. The fourth-order valence-electron chi connectivity index (χ4n) is 13.2. The van der Waals surface area contributed by atoms with Crippen LogP contribution in [0.3, 0.4) is 0 Å². The van der Waals surface area contributed by atoms with Crippen LogP contribution in [0.2, 0.25) is 0 Å². The second-order valence-electron chi connectivity index (χ2n) is 18.9. The van der Waals surface area contributed by atoms with E-state index in [1.165, 1.54) is 136 Å². The number of nitrogens with one attached hydrogen (secondary N) is 2. The van der Waals surface area contributed by atoms with Crippen LogP contribution in [0.15, 0.2) is 103 Å². The number of rotatable bonds is 4. The topological polar surface area (TPSA) is 38.1 Å². The number of hydrogen-bond donors (Lipinski definition) is 2. The molecule has 0 amide bonds. The first-order valence-electron chi connectivity index (χ1n) is 22.5. The number of benzene rings is 4. The molecule has 2 saturated heterocycles. The molecular weight excluding hydrogens is 700 g/mol. The van der Waals surface area contributed by atoms with Gasteiger partial charge in [0.25, 0.3) is 0 Å². The first-order chi connectivity index (χ1) is 28.0. The van der Waals surface area contributed by atoms with Crippen LogP contribution in [-0.2, 0) is 34.7 Å². The maximum absolute atomic E-state index is 14.1. The molecule has 4 nitrogen and oxygen atoms in total. The van der Waals surface area contributed by atoms with Crippen LogP contribution >= 0.6 is 0 Å². The Balaban J connectivity index is 0.000000131. The van der Waals surface area contributed by atoms with Crippen molar-refractivity contribution in [3.63, 3.8) is 0 Å². The van der Waals surface area contributed by atoms with E-state index in [2.05, 4.69) is 105 Å². The Labute approximate surface area is 338 Å². The average Bonchev–Trinajstić information content (AvgIpc) is 3.80. The maximum atomic E-state index is 14.1. The van der Waals surface area contributed by atoms with Gasteiger partial charge in [-0.2, -0.15) is 0 Å². The SMILES string of the molecule is Fc1cccc(C2(N3CCC3)CCC3(CCCc4c3[nH]c3ccccc43)CC2)c1.c1ccc(C2(N3CCC3)CCC3(CCCc4c3[nH]c3ccccc43)CC2)cc1. The molecule has 57 heavy (non-hydrogen) atoms. The third-order valence-corrected chi connectivity index (χ3v) is 16.5. The molecule has 4 aliphatic carbocycles. The molecule has 0 atom stereocenters. The van der Waals surface area contributed by atoms with Gasteiger partial charge >= 0.3 is 0 Å². The molecule has 6 aromatic rings. The van der Waals surface area contributed by atoms with Crippen LogP contribution in [-0.4, -0.2) is 45.9 Å². The lowest BCUT2D eigenvalue weighted by Gasteiger charge is -2.55. The summed E-state index contributed by atoms with van der Waals surface area (Å²) in [6, 6.07) is 36.6. The van der Waals surface area contributed by atoms with Gasteiger partial charge < -0.3 is 9.97 Å². The Morgan fingerprint density at radius 3 is 1.37 bits per heavy atom. The summed E-state index contributed by atoms with van der Waals surface area (Å²) in [6.45, 7) is 4.86. The summed E-state index contributed by atoms with van der Waals surface area (Å²) >= 11 is 0. The van der Waals surface area contributed by atoms with Crippen LogP contribution in [0.25, 0.3) is 21.8 Å². The normalized spacial score (nSPS) is 30.0. The first kappa shape index (κ1) is 35.9. The molecule has 0 bridgehead atoms. The average molecular weight is 759 g/mol. The van der Waals surface area contributed by atoms with Gasteiger partial charge in [-0.25, -0.2) is 4.39 Å². The second-order valence-corrected chi connectivity index (χ2v) is 18.9. The smallest absolute Gasteiger partial charge is 0.123 e. The molecule has 0 unspecified atom stereocenters. The summed E-state index contributed by atoms with van der Waals surface area (Å²) < 4.78 is 14.1. The van der Waals surface area contributed by atoms with E-state index in [0.717, 1.165) is 25.9 Å². The highest BCUT2D eigenvalue weighted by atomic mass is 19.1. The van der Waals surface area contributed by atoms with Crippen LogP contribution in [0, 0.1) is 5.82 Å². The van der Waals surface area contributed by atoms with E-state index in [-0.39, 0.29) is 22.3 Å². The van der Waals surface area contributed by atoms with E-state index in [1.807, 2.05) is 6.07 Å². The number of aromatic nitrogens is 2. The van der Waals surface area contributed by atoms with Crippen LogP contribution < -0.4 is 0 Å². The Kier molecular flexibility index (Phi) is 8.81. The second kappa shape index (κ2) is 14.0. The highest BCUT2D eigenvalue weighted by molar-refractivity contribution is 5.86. The van der Waals surface area contributed by atoms with Gasteiger partial charge in [0.2, 0.25) is 0 Å². The summed E-state index contributed by atoms with van der Waals surface area (Å²) in [7, 11) is 0. The molecule has 4 aromatic carbocycles. The Morgan fingerprint density at radius 1 is 0.439 bits per heavy atom. The molecule has 2 N–H and O–H groups in total. The Bertz CT molecular complexity index is 2380. The van der Waals surface area contributed by atoms with Crippen LogP contribution in [0.1, 0.15) is 124 Å². The van der Waals surface area contributed by atoms with Crippen LogP contribution in [0.4, 0.5) is 4.39 Å². The molecule has 2 aromatic heterocycles. The van der Waals surface area contributed by atoms with Crippen LogP contribution in [0.5, 0.6) is 0 Å². The number of likely N-dealkylation sites (tertiary alicyclic amines) is 2. The Hall–Kier alpha value is -4.19. The number of aromatic amines is 2. The number of para-hydroxylation sites is 2. The summed E-state index contributed by atoms with van der Waals surface area (Å²) in [6.07, 6.45) is 20.2. The third kappa shape index (κ3) is 5.73. The van der Waals surface area contributed by atoms with E-state index in [0.29, 0.717) is 5.41 Å². The first-order valence-corrected chi connectivity index (χ1v) is 22.5. The van der Waals surface area contributed by atoms with E-state index < -0.39 is 0 Å². The van der Waals surface area contributed by atoms with Crippen molar-refractivity contribution in [2.45, 2.75) is 125 Å². The van der Waals surface area contributed by atoms with E-state index in [1.54, 1.807) is 34.5 Å². The number of aryl methyl sites for hydroxylation is 2. The largest absolute Gasteiger partial charge is 0.358 e. The maximum Gasteiger partial charge on any atom is 0.123 e. The van der Waals surface area contributed by atoms with Crippen molar-refractivity contribution in [1.29, 1.82) is 0 Å². The summed E-state index contributed by atoms with van der Waals surface area (Å²) in [5, 5.41) is 2.89. The fraction of sp³-hybridized carbons (Fsp3) is 0.462. The number of H-pyrrole nitrogens is 2. The van der Waals surface area contributed by atoms with Crippen molar-refractivity contribution in [2.24, 2.45) is 0 Å². The standard InChI is InChI=1S/C26H29FN2.C26H30N2/c27-20-7-3-6-19(18-20)26(29-16-5-17-29)14-12-25(13-15-26)11-4-9-22-21-8-1-2-10-23(21)28-24(22)25;1-2-8-20(9-3-1)26(28-18-7-19-28)16-14-25(15-17-26)13-6-11-22-21-10-4-5-12-23(21)27-24(22)25/h1-3,6-8,10,18,28H,4-5,9,11-17H2;1-5,8-10,12,27H,6-7,11,13-19H2. The molecule has 294 valence electrons. The lowest BCUT2D eigenvalue weighted by molar-refractivity contribution is -0.0220. The molecule has 2 saturated carbocycles. The monoisotopic (exact) mass is 758 g/mol. The van der Waals surface area contributed by atoms with E-state index >= 15 is 0 Å². The molecule has 4 heterocycles. The summed E-state index contributed by atoms with van der Waals surface area (Å²) in [5.74, 6) is -0.0988. The van der Waals surface area contributed by atoms with Crippen molar-refractivity contribution < 1.29 is 4.39 Å². The van der Waals surface area contributed by atoms with Crippen molar-refractivity contribution in [1.82, 2.24) is 19.8 Å². The molecule has 0 radical (unpaired) electrons. The van der Waals surface area contributed by atoms with Gasteiger partial charge in [0.15, 0.2) is 0 Å². The highest BCUT2D eigenvalue weighted by Gasteiger charge is 2.52. The molecule has 6 aliphatic rings. The molecule has 4 fully saturated rings. The van der Waals surface area contributed by atoms with Crippen molar-refractivity contribution in [3.8, 4) is 0 Å². The number of fused-ring (bicyclic) bond motifs is 8. The quantitative estimate of drug-likeness (QED) is 0.188. The lowest BCUT2D eigenvalue weighted by atomic mass is 9.59. The molecule has 2 spiro atoms. The third-order valence-electron chi connectivity index (χ3n) is 16.5. The Morgan fingerprint density at radius 2 is 0.895 bits per heavy atom. The molecule has 2 aliphatic heterocycles. The van der Waals surface area contributed by atoms with Gasteiger partial charge in [-0.15, -0.1) is 0 Å². The zero-order valence-electron chi connectivity index (χ0n) is 33.7. The predicted octanol–water partition coefficient (Wildman–Crippen LogP) is 12.0. The van der Waals surface area contributed by atoms with Gasteiger partial charge in [-0.1, -0.05) is 78.9 Å². The zero-order valence-corrected chi connectivity index (χ0v) is 33.7. The minimum Gasteiger partial charge on any atom is -0.358 e. The predicted molar refractivity (Wildman–Crippen MR) is 231 cm³/mol. The van der Waals surface area contributed by atoms with Gasteiger partial charge in [0, 0.05) is 81.3 Å². The van der Waals surface area contributed by atoms with Gasteiger partial charge in [0.05, 0.1) is 0 Å². The van der Waals surface area contributed by atoms with Crippen molar-refractivity contribution in [2.75, 3.05) is 26.2 Å². The van der Waals surface area contributed by atoms with Crippen molar-refractivity contribution >= 4 is 21.8 Å². The van der Waals surface area contributed by atoms with E-state index in [9.17, 15) is 4.39 Å². The fourth-order valence-corrected chi connectivity index (χ4v) is 13.2. The van der Waals surface area contributed by atoms with Crippen molar-refractivity contribution in [3.05, 3.63) is 143 Å². The number of nitrogens with zero attached hydrogens (tertiary/aromatic N) is 2. The summed E-state index contributed by atoms with van der Waals surface area (Å²) in [5.41, 5.74) is 12.6. The zero-order chi connectivity index (χ0) is 38.1. The number of halogens is 1. The van der Waals surface area contributed by atoms with E-state index in [4.69, 9.17) is 0 Å². The molecular formula is C52H59FN4.